The van der Waals surface area contributed by atoms with Crippen LogP contribution in [-0.4, -0.2) is 29.0 Å². The molecule has 1 heterocycles. The molecule has 1 fully saturated rings. The predicted molar refractivity (Wildman–Crippen MR) is 115 cm³/mol. The lowest BCUT2D eigenvalue weighted by molar-refractivity contribution is -0.125. The van der Waals surface area contributed by atoms with Gasteiger partial charge in [0.2, 0.25) is 5.91 Å². The molecule has 0 saturated carbocycles. The number of unbranched alkanes of at least 4 members (excludes halogenated alkanes) is 1. The van der Waals surface area contributed by atoms with Gasteiger partial charge in [0.15, 0.2) is 0 Å². The molecule has 1 aliphatic heterocycles. The zero-order chi connectivity index (χ0) is 20.7. The molecule has 154 valence electrons. The number of aryl methyl sites for hydroxylation is 1. The molecule has 1 aliphatic rings. The van der Waals surface area contributed by atoms with E-state index in [2.05, 4.69) is 12.2 Å². The monoisotopic (exact) mass is 394 g/mol. The number of nitrogens with one attached hydrogen (secondary N) is 1. The van der Waals surface area contributed by atoms with Gasteiger partial charge in [-0.15, -0.1) is 0 Å². The molecule has 1 unspecified atom stereocenters. The average Bonchev–Trinajstić information content (AvgIpc) is 3.15. The first-order chi connectivity index (χ1) is 14.0. The van der Waals surface area contributed by atoms with Crippen LogP contribution < -0.4 is 5.32 Å². The third-order valence-corrected chi connectivity index (χ3v) is 5.59. The summed E-state index contributed by atoms with van der Waals surface area (Å²) in [7, 11) is 0. The first-order valence-electron chi connectivity index (χ1n) is 10.4. The molecule has 2 aromatic rings. The molecular formula is C24H30N2O3. The van der Waals surface area contributed by atoms with Crippen molar-refractivity contribution in [1.29, 1.82) is 0 Å². The number of amides is 2. The van der Waals surface area contributed by atoms with Crippen molar-refractivity contribution >= 4 is 17.7 Å². The number of benzene rings is 2. The number of hydrogen-bond donors (Lipinski definition) is 1. The van der Waals surface area contributed by atoms with Crippen LogP contribution >= 0.6 is 0 Å². The Morgan fingerprint density at radius 3 is 2.48 bits per heavy atom. The summed E-state index contributed by atoms with van der Waals surface area (Å²) in [6.45, 7) is 4.71. The molecule has 1 saturated heterocycles. The van der Waals surface area contributed by atoms with E-state index in [-0.39, 0.29) is 12.5 Å². The minimum Gasteiger partial charge on any atom is -0.445 e. The second-order valence-electron chi connectivity index (χ2n) is 7.82. The Kier molecular flexibility index (Phi) is 6.91. The van der Waals surface area contributed by atoms with Crippen molar-refractivity contribution in [3.05, 3.63) is 65.7 Å². The molecule has 2 amide bonds. The highest BCUT2D eigenvalue weighted by Crippen LogP contribution is 2.31. The third kappa shape index (κ3) is 5.17. The van der Waals surface area contributed by atoms with Crippen LogP contribution in [0.15, 0.2) is 54.6 Å². The van der Waals surface area contributed by atoms with Gasteiger partial charge in [-0.3, -0.25) is 9.69 Å². The Hall–Kier alpha value is -2.82. The van der Waals surface area contributed by atoms with Gasteiger partial charge in [-0.2, -0.15) is 0 Å². The second-order valence-corrected chi connectivity index (χ2v) is 7.82. The molecular weight excluding hydrogens is 364 g/mol. The van der Waals surface area contributed by atoms with Crippen LogP contribution in [0, 0.1) is 0 Å². The number of likely N-dealkylation sites (tertiary alicyclic amines) is 1. The van der Waals surface area contributed by atoms with Crippen molar-refractivity contribution in [1.82, 2.24) is 4.90 Å². The van der Waals surface area contributed by atoms with Gasteiger partial charge in [-0.05, 0) is 55.9 Å². The summed E-state index contributed by atoms with van der Waals surface area (Å²) in [5, 5.41) is 2.98. The maximum absolute atomic E-state index is 13.0. The van der Waals surface area contributed by atoms with Crippen molar-refractivity contribution in [2.24, 2.45) is 0 Å². The molecule has 3 rings (SSSR count). The number of nitrogens with zero attached hydrogens (tertiary/aromatic N) is 1. The largest absolute Gasteiger partial charge is 0.445 e. The van der Waals surface area contributed by atoms with Gasteiger partial charge in [-0.25, -0.2) is 4.79 Å². The van der Waals surface area contributed by atoms with Crippen LogP contribution in [0.2, 0.25) is 0 Å². The molecule has 0 spiro atoms. The molecule has 2 aromatic carbocycles. The summed E-state index contributed by atoms with van der Waals surface area (Å²) in [5.74, 6) is -0.173. The fourth-order valence-corrected chi connectivity index (χ4v) is 3.69. The summed E-state index contributed by atoms with van der Waals surface area (Å²) in [6, 6.07) is 17.5. The lowest BCUT2D eigenvalue weighted by Gasteiger charge is -2.33. The maximum Gasteiger partial charge on any atom is 0.410 e. The topological polar surface area (TPSA) is 58.6 Å². The van der Waals surface area contributed by atoms with E-state index in [1.54, 1.807) is 4.90 Å². The molecule has 1 N–H and O–H groups in total. The molecule has 0 bridgehead atoms. The average molecular weight is 395 g/mol. The van der Waals surface area contributed by atoms with Crippen LogP contribution in [0.3, 0.4) is 0 Å². The van der Waals surface area contributed by atoms with Crippen LogP contribution in [0.5, 0.6) is 0 Å². The Morgan fingerprint density at radius 1 is 1.07 bits per heavy atom. The van der Waals surface area contributed by atoms with Gasteiger partial charge in [0.05, 0.1) is 0 Å². The number of carbonyl (C=O) groups is 2. The summed E-state index contributed by atoms with van der Waals surface area (Å²) in [4.78, 5) is 27.2. The van der Waals surface area contributed by atoms with Gasteiger partial charge in [0, 0.05) is 12.2 Å². The van der Waals surface area contributed by atoms with Gasteiger partial charge in [-0.1, -0.05) is 55.8 Å². The normalized spacial score (nSPS) is 18.5. The molecule has 0 aromatic heterocycles. The summed E-state index contributed by atoms with van der Waals surface area (Å²) < 4.78 is 5.47. The number of carbonyl (C=O) groups excluding carboxylic acids is 2. The second kappa shape index (κ2) is 9.59. The van der Waals surface area contributed by atoms with Crippen LogP contribution in [-0.2, 0) is 22.6 Å². The highest BCUT2D eigenvalue weighted by Gasteiger charge is 2.46. The first-order valence-corrected chi connectivity index (χ1v) is 10.4. The van der Waals surface area contributed by atoms with E-state index < -0.39 is 11.6 Å². The summed E-state index contributed by atoms with van der Waals surface area (Å²) >= 11 is 0. The Labute approximate surface area is 173 Å². The van der Waals surface area contributed by atoms with Crippen LogP contribution in [0.1, 0.15) is 50.7 Å². The Bertz CT molecular complexity index is 820. The molecule has 0 aliphatic carbocycles. The van der Waals surface area contributed by atoms with Crippen molar-refractivity contribution in [3.63, 3.8) is 0 Å². The number of hydrogen-bond acceptors (Lipinski definition) is 3. The van der Waals surface area contributed by atoms with E-state index >= 15 is 0 Å². The van der Waals surface area contributed by atoms with E-state index in [4.69, 9.17) is 4.74 Å². The quantitative estimate of drug-likeness (QED) is 0.706. The van der Waals surface area contributed by atoms with Crippen molar-refractivity contribution < 1.29 is 14.3 Å². The van der Waals surface area contributed by atoms with E-state index in [0.29, 0.717) is 13.0 Å². The Balaban J connectivity index is 1.61. The maximum atomic E-state index is 13.0. The lowest BCUT2D eigenvalue weighted by Crippen LogP contribution is -2.53. The van der Waals surface area contributed by atoms with E-state index in [1.807, 2.05) is 61.5 Å². The zero-order valence-corrected chi connectivity index (χ0v) is 17.3. The zero-order valence-electron chi connectivity index (χ0n) is 17.3. The highest BCUT2D eigenvalue weighted by atomic mass is 16.6. The molecule has 0 radical (unpaired) electrons. The van der Waals surface area contributed by atoms with Gasteiger partial charge >= 0.3 is 6.09 Å². The van der Waals surface area contributed by atoms with Gasteiger partial charge < -0.3 is 10.1 Å². The van der Waals surface area contributed by atoms with Gasteiger partial charge in [0.25, 0.3) is 0 Å². The standard InChI is InChI=1S/C24H30N2O3/c1-3-4-9-19-12-14-21(15-13-19)25-22(27)24(2)16-8-17-26(24)23(28)29-18-20-10-6-5-7-11-20/h5-7,10-15H,3-4,8-9,16-18H2,1-2H3,(H,25,27). The number of rotatable bonds is 7. The third-order valence-electron chi connectivity index (χ3n) is 5.59. The number of anilines is 1. The predicted octanol–water partition coefficient (Wildman–Crippen LogP) is 5.16. The van der Waals surface area contributed by atoms with Crippen LogP contribution in [0.4, 0.5) is 10.5 Å². The summed E-state index contributed by atoms with van der Waals surface area (Å²) in [6.07, 6.45) is 4.31. The molecule has 5 nitrogen and oxygen atoms in total. The minimum atomic E-state index is -0.908. The van der Waals surface area contributed by atoms with Crippen LogP contribution in [0.25, 0.3) is 0 Å². The SMILES string of the molecule is CCCCc1ccc(NC(=O)C2(C)CCCN2C(=O)OCc2ccccc2)cc1. The Morgan fingerprint density at radius 2 is 1.79 bits per heavy atom. The molecule has 5 heteroatoms. The van der Waals surface area contributed by atoms with E-state index in [0.717, 1.165) is 36.9 Å². The first kappa shape index (κ1) is 20.9. The van der Waals surface area contributed by atoms with Crippen molar-refractivity contribution in [2.45, 2.75) is 58.1 Å². The van der Waals surface area contributed by atoms with E-state index in [1.165, 1.54) is 5.56 Å². The highest BCUT2D eigenvalue weighted by molar-refractivity contribution is 6.00. The lowest BCUT2D eigenvalue weighted by atomic mass is 9.97. The fourth-order valence-electron chi connectivity index (χ4n) is 3.69. The van der Waals surface area contributed by atoms with Gasteiger partial charge in [0.1, 0.15) is 12.1 Å². The fraction of sp³-hybridized carbons (Fsp3) is 0.417. The molecule has 29 heavy (non-hydrogen) atoms. The van der Waals surface area contributed by atoms with Crippen molar-refractivity contribution in [3.8, 4) is 0 Å². The minimum absolute atomic E-state index is 0.173. The smallest absolute Gasteiger partial charge is 0.410 e. The molecule has 1 atom stereocenters. The number of ether oxygens (including phenoxy) is 1. The van der Waals surface area contributed by atoms with E-state index in [9.17, 15) is 9.59 Å². The summed E-state index contributed by atoms with van der Waals surface area (Å²) in [5.41, 5.74) is 2.03. The van der Waals surface area contributed by atoms with Crippen molar-refractivity contribution in [2.75, 3.05) is 11.9 Å².